The van der Waals surface area contributed by atoms with Gasteiger partial charge in [-0.2, -0.15) is 0 Å². The molecule has 1 heterocycles. The highest BCUT2D eigenvalue weighted by Gasteiger charge is 2.29. The molecule has 1 saturated heterocycles. The summed E-state index contributed by atoms with van der Waals surface area (Å²) in [5.41, 5.74) is 0.378. The molecule has 0 aromatic carbocycles. The Kier molecular flexibility index (Phi) is 8.65. The van der Waals surface area contributed by atoms with Gasteiger partial charge in [0, 0.05) is 52.9 Å². The Balaban J connectivity index is 1.78. The Labute approximate surface area is 158 Å². The van der Waals surface area contributed by atoms with Crippen LogP contribution >= 0.6 is 0 Å². The maximum Gasteiger partial charge on any atom is 0.234 e. The van der Waals surface area contributed by atoms with Gasteiger partial charge in [0.2, 0.25) is 5.91 Å². The van der Waals surface area contributed by atoms with E-state index < -0.39 is 0 Å². The largest absolute Gasteiger partial charge is 0.383 e. The van der Waals surface area contributed by atoms with Gasteiger partial charge in [0.25, 0.3) is 0 Å². The van der Waals surface area contributed by atoms with E-state index in [2.05, 4.69) is 34.3 Å². The van der Waals surface area contributed by atoms with Gasteiger partial charge in [0.1, 0.15) is 0 Å². The second-order valence-electron chi connectivity index (χ2n) is 7.79. The normalized spacial score (nSPS) is 21.0. The Morgan fingerprint density at radius 3 is 2.46 bits per heavy atom. The third kappa shape index (κ3) is 6.76. The van der Waals surface area contributed by atoms with Crippen molar-refractivity contribution >= 4 is 11.9 Å². The average molecular weight is 368 g/mol. The van der Waals surface area contributed by atoms with E-state index in [0.717, 1.165) is 45.2 Å². The molecule has 2 fully saturated rings. The molecule has 1 aliphatic heterocycles. The molecule has 2 aliphatic rings. The van der Waals surface area contributed by atoms with Gasteiger partial charge < -0.3 is 20.3 Å². The van der Waals surface area contributed by atoms with Gasteiger partial charge in [0.15, 0.2) is 5.96 Å². The number of carbonyl (C=O) groups excluding carboxylic acids is 1. The topological polar surface area (TPSA) is 69.2 Å². The number of carbonyl (C=O) groups is 1. The van der Waals surface area contributed by atoms with E-state index >= 15 is 0 Å². The van der Waals surface area contributed by atoms with Crippen molar-refractivity contribution in [1.29, 1.82) is 0 Å². The summed E-state index contributed by atoms with van der Waals surface area (Å²) in [6, 6.07) is 0. The average Bonchev–Trinajstić information content (AvgIpc) is 3.06. The maximum absolute atomic E-state index is 11.9. The molecule has 2 rings (SSSR count). The van der Waals surface area contributed by atoms with Crippen LogP contribution in [0, 0.1) is 5.41 Å². The second-order valence-corrected chi connectivity index (χ2v) is 7.79. The monoisotopic (exact) mass is 367 g/mol. The van der Waals surface area contributed by atoms with Gasteiger partial charge in [-0.25, -0.2) is 0 Å². The predicted octanol–water partition coefficient (Wildman–Crippen LogP) is 0.912. The van der Waals surface area contributed by atoms with Gasteiger partial charge in [-0.3, -0.25) is 14.7 Å². The quantitative estimate of drug-likeness (QED) is 0.379. The van der Waals surface area contributed by atoms with E-state index in [9.17, 15) is 4.79 Å². The third-order valence-electron chi connectivity index (χ3n) is 5.42. The van der Waals surface area contributed by atoms with Crippen LogP contribution < -0.4 is 10.6 Å². The molecule has 0 unspecified atom stereocenters. The number of hydrogen-bond acceptors (Lipinski definition) is 4. The van der Waals surface area contributed by atoms with Gasteiger partial charge in [-0.15, -0.1) is 0 Å². The SMILES string of the molecule is CCNC(=NCC1(C)CCCC1)N1CCN(CC(=O)NCCOC)CC1. The first-order valence-corrected chi connectivity index (χ1v) is 10.1. The molecule has 1 aliphatic carbocycles. The van der Waals surface area contributed by atoms with Gasteiger partial charge in [-0.1, -0.05) is 19.8 Å². The summed E-state index contributed by atoms with van der Waals surface area (Å²) in [5.74, 6) is 1.11. The number of amides is 1. The Bertz CT molecular complexity index is 455. The smallest absolute Gasteiger partial charge is 0.234 e. The van der Waals surface area contributed by atoms with E-state index in [4.69, 9.17) is 9.73 Å². The number of guanidine groups is 1. The Morgan fingerprint density at radius 2 is 1.85 bits per heavy atom. The molecular formula is C19H37N5O2. The lowest BCUT2D eigenvalue weighted by Crippen LogP contribution is -2.54. The summed E-state index contributed by atoms with van der Waals surface area (Å²) < 4.78 is 4.96. The standard InChI is InChI=1S/C19H37N5O2/c1-4-20-18(22-16-19(2)7-5-6-8-19)24-12-10-23(11-13-24)15-17(25)21-9-14-26-3/h4-16H2,1-3H3,(H,20,22)(H,21,25). The van der Waals surface area contributed by atoms with Crippen molar-refractivity contribution in [3.63, 3.8) is 0 Å². The van der Waals surface area contributed by atoms with Crippen LogP contribution in [-0.2, 0) is 9.53 Å². The first-order valence-electron chi connectivity index (χ1n) is 10.1. The van der Waals surface area contributed by atoms with Crippen molar-refractivity contribution in [1.82, 2.24) is 20.4 Å². The van der Waals surface area contributed by atoms with Crippen LogP contribution in [0.25, 0.3) is 0 Å². The predicted molar refractivity (Wildman–Crippen MR) is 105 cm³/mol. The van der Waals surface area contributed by atoms with Crippen LogP contribution in [-0.4, -0.2) is 87.7 Å². The molecule has 0 bridgehead atoms. The minimum Gasteiger partial charge on any atom is -0.383 e. The number of aliphatic imine (C=N–C) groups is 1. The fourth-order valence-corrected chi connectivity index (χ4v) is 3.75. The van der Waals surface area contributed by atoms with Gasteiger partial charge in [0.05, 0.1) is 13.2 Å². The van der Waals surface area contributed by atoms with Crippen molar-refractivity contribution in [2.75, 3.05) is 66.1 Å². The summed E-state index contributed by atoms with van der Waals surface area (Å²) in [5, 5.41) is 6.33. The van der Waals surface area contributed by atoms with Crippen LogP contribution in [0.3, 0.4) is 0 Å². The maximum atomic E-state index is 11.9. The van der Waals surface area contributed by atoms with E-state index in [1.54, 1.807) is 7.11 Å². The number of rotatable bonds is 8. The van der Waals surface area contributed by atoms with Gasteiger partial charge >= 0.3 is 0 Å². The zero-order chi connectivity index (χ0) is 18.8. The molecular weight excluding hydrogens is 330 g/mol. The molecule has 150 valence electrons. The molecule has 0 atom stereocenters. The molecule has 7 nitrogen and oxygen atoms in total. The van der Waals surface area contributed by atoms with Crippen LogP contribution in [0.2, 0.25) is 0 Å². The minimum absolute atomic E-state index is 0.0743. The van der Waals surface area contributed by atoms with Crippen molar-refractivity contribution < 1.29 is 9.53 Å². The van der Waals surface area contributed by atoms with E-state index in [0.29, 0.717) is 25.1 Å². The fourth-order valence-electron chi connectivity index (χ4n) is 3.75. The molecule has 1 saturated carbocycles. The molecule has 7 heteroatoms. The van der Waals surface area contributed by atoms with Crippen LogP contribution in [0.5, 0.6) is 0 Å². The van der Waals surface area contributed by atoms with Crippen LogP contribution in [0.1, 0.15) is 39.5 Å². The van der Waals surface area contributed by atoms with E-state index in [1.807, 2.05) is 0 Å². The number of methoxy groups -OCH3 is 1. The zero-order valence-electron chi connectivity index (χ0n) is 16.9. The first kappa shape index (κ1) is 21.0. The summed E-state index contributed by atoms with van der Waals surface area (Å²) in [4.78, 5) is 21.4. The van der Waals surface area contributed by atoms with Crippen LogP contribution in [0.15, 0.2) is 4.99 Å². The molecule has 0 radical (unpaired) electrons. The Morgan fingerprint density at radius 1 is 1.15 bits per heavy atom. The lowest BCUT2D eigenvalue weighted by Gasteiger charge is -2.36. The van der Waals surface area contributed by atoms with Crippen LogP contribution in [0.4, 0.5) is 0 Å². The highest BCUT2D eigenvalue weighted by Crippen LogP contribution is 2.37. The van der Waals surface area contributed by atoms with Crippen molar-refractivity contribution in [2.24, 2.45) is 10.4 Å². The molecule has 0 spiro atoms. The van der Waals surface area contributed by atoms with E-state index in [1.165, 1.54) is 25.7 Å². The number of piperazine rings is 1. The highest BCUT2D eigenvalue weighted by molar-refractivity contribution is 5.80. The zero-order valence-corrected chi connectivity index (χ0v) is 16.9. The third-order valence-corrected chi connectivity index (χ3v) is 5.42. The van der Waals surface area contributed by atoms with Crippen molar-refractivity contribution in [3.8, 4) is 0 Å². The minimum atomic E-state index is 0.0743. The molecule has 26 heavy (non-hydrogen) atoms. The van der Waals surface area contributed by atoms with Crippen molar-refractivity contribution in [3.05, 3.63) is 0 Å². The van der Waals surface area contributed by atoms with E-state index in [-0.39, 0.29) is 5.91 Å². The summed E-state index contributed by atoms with van der Waals surface area (Å²) in [7, 11) is 1.64. The number of ether oxygens (including phenoxy) is 1. The fraction of sp³-hybridized carbons (Fsp3) is 0.895. The number of nitrogens with one attached hydrogen (secondary N) is 2. The number of hydrogen-bond donors (Lipinski definition) is 2. The molecule has 2 N–H and O–H groups in total. The summed E-state index contributed by atoms with van der Waals surface area (Å²) in [6.07, 6.45) is 5.27. The van der Waals surface area contributed by atoms with Gasteiger partial charge in [-0.05, 0) is 25.2 Å². The number of nitrogens with zero attached hydrogens (tertiary/aromatic N) is 3. The second kappa shape index (κ2) is 10.7. The Hall–Kier alpha value is -1.34. The lowest BCUT2D eigenvalue weighted by molar-refractivity contribution is -0.122. The summed E-state index contributed by atoms with van der Waals surface area (Å²) in [6.45, 7) is 11.5. The molecule has 0 aromatic heterocycles. The highest BCUT2D eigenvalue weighted by atomic mass is 16.5. The first-order chi connectivity index (χ1) is 12.6. The molecule has 0 aromatic rings. The van der Waals surface area contributed by atoms with Crippen molar-refractivity contribution in [2.45, 2.75) is 39.5 Å². The summed E-state index contributed by atoms with van der Waals surface area (Å²) >= 11 is 0. The lowest BCUT2D eigenvalue weighted by atomic mass is 9.89. The molecule has 1 amide bonds.